The summed E-state index contributed by atoms with van der Waals surface area (Å²) in [4.78, 5) is 18.1. The number of morpholine rings is 1. The van der Waals surface area contributed by atoms with Crippen LogP contribution in [0.5, 0.6) is 0 Å². The highest BCUT2D eigenvalue weighted by Gasteiger charge is 2.24. The third-order valence-corrected chi connectivity index (χ3v) is 4.12. The molecule has 1 unspecified atom stereocenters. The number of nitrogens with two attached hydrogens (primary N) is 1. The fourth-order valence-corrected chi connectivity index (χ4v) is 3.02. The molecule has 1 fully saturated rings. The van der Waals surface area contributed by atoms with Crippen molar-refractivity contribution in [2.24, 2.45) is 0 Å². The number of pyridine rings is 1. The second-order valence-corrected chi connectivity index (χ2v) is 6.02. The maximum Gasteiger partial charge on any atom is 0.336 e. The first-order valence-corrected chi connectivity index (χ1v) is 7.92. The summed E-state index contributed by atoms with van der Waals surface area (Å²) in [5, 5.41) is 9.32. The van der Waals surface area contributed by atoms with E-state index < -0.39 is 5.97 Å². The maximum atomic E-state index is 11.4. The van der Waals surface area contributed by atoms with Crippen molar-refractivity contribution in [3.8, 4) is 0 Å². The number of hydrogen-bond donors (Lipinski definition) is 2. The molecule has 1 saturated heterocycles. The third kappa shape index (κ3) is 3.72. The van der Waals surface area contributed by atoms with E-state index in [0.29, 0.717) is 30.9 Å². The van der Waals surface area contributed by atoms with Crippen LogP contribution in [0.1, 0.15) is 33.4 Å². The van der Waals surface area contributed by atoms with Crippen molar-refractivity contribution in [3.05, 3.63) is 58.9 Å². The molecule has 1 aliphatic rings. The minimum atomic E-state index is -0.900. The summed E-state index contributed by atoms with van der Waals surface area (Å²) < 4.78 is 5.84. The number of aryl methyl sites for hydroxylation is 1. The number of rotatable bonds is 4. The van der Waals surface area contributed by atoms with Crippen molar-refractivity contribution in [3.63, 3.8) is 0 Å². The number of nitrogen functional groups attached to an aromatic ring is 1. The molecule has 1 atom stereocenters. The normalized spacial score (nSPS) is 18.5. The first-order chi connectivity index (χ1) is 11.5. The lowest BCUT2D eigenvalue weighted by Gasteiger charge is -2.33. The minimum Gasteiger partial charge on any atom is -0.478 e. The van der Waals surface area contributed by atoms with Crippen LogP contribution in [0.2, 0.25) is 0 Å². The number of carboxylic acids is 1. The van der Waals surface area contributed by atoms with Gasteiger partial charge in [0, 0.05) is 31.0 Å². The summed E-state index contributed by atoms with van der Waals surface area (Å²) in [6, 6.07) is 10.8. The van der Waals surface area contributed by atoms with Gasteiger partial charge in [0.05, 0.1) is 17.9 Å². The zero-order valence-corrected chi connectivity index (χ0v) is 13.6. The van der Waals surface area contributed by atoms with Crippen molar-refractivity contribution in [1.29, 1.82) is 0 Å². The van der Waals surface area contributed by atoms with E-state index in [2.05, 4.69) is 9.88 Å². The number of benzene rings is 1. The molecule has 24 heavy (non-hydrogen) atoms. The van der Waals surface area contributed by atoms with Crippen molar-refractivity contribution in [2.45, 2.75) is 19.6 Å². The van der Waals surface area contributed by atoms with Crippen LogP contribution in [-0.4, -0.2) is 40.7 Å². The molecule has 1 aliphatic heterocycles. The van der Waals surface area contributed by atoms with Crippen LogP contribution in [0.15, 0.2) is 36.4 Å². The molecule has 0 aliphatic carbocycles. The third-order valence-electron chi connectivity index (χ3n) is 4.12. The molecule has 126 valence electrons. The van der Waals surface area contributed by atoms with E-state index in [9.17, 15) is 9.90 Å². The average Bonchev–Trinajstić information content (AvgIpc) is 2.54. The summed E-state index contributed by atoms with van der Waals surface area (Å²) in [6.45, 7) is 4.47. The van der Waals surface area contributed by atoms with Crippen LogP contribution in [0.25, 0.3) is 0 Å². The topological polar surface area (TPSA) is 88.7 Å². The molecule has 0 saturated carbocycles. The lowest BCUT2D eigenvalue weighted by molar-refractivity contribution is -0.0350. The van der Waals surface area contributed by atoms with Gasteiger partial charge in [-0.25, -0.2) is 4.79 Å². The highest BCUT2D eigenvalue weighted by atomic mass is 16.5. The van der Waals surface area contributed by atoms with Crippen molar-refractivity contribution in [1.82, 2.24) is 9.88 Å². The van der Waals surface area contributed by atoms with E-state index in [1.165, 1.54) is 0 Å². The molecule has 0 radical (unpaired) electrons. The number of aromatic nitrogens is 1. The predicted molar refractivity (Wildman–Crippen MR) is 90.8 cm³/mol. The highest BCUT2D eigenvalue weighted by Crippen LogP contribution is 2.24. The molecule has 1 aromatic carbocycles. The van der Waals surface area contributed by atoms with Gasteiger partial charge < -0.3 is 15.6 Å². The van der Waals surface area contributed by atoms with E-state index in [1.807, 2.05) is 31.2 Å². The SMILES string of the molecule is Cc1cc(N)cc(C2CN(Cc3ccccc3C(=O)O)CCO2)n1. The van der Waals surface area contributed by atoms with Gasteiger partial charge in [-0.15, -0.1) is 0 Å². The Bertz CT molecular complexity index is 728. The zero-order chi connectivity index (χ0) is 17.1. The molecular weight excluding hydrogens is 306 g/mol. The van der Waals surface area contributed by atoms with Gasteiger partial charge >= 0.3 is 5.97 Å². The molecule has 3 rings (SSSR count). The van der Waals surface area contributed by atoms with E-state index in [4.69, 9.17) is 10.5 Å². The maximum absolute atomic E-state index is 11.4. The lowest BCUT2D eigenvalue weighted by atomic mass is 10.1. The van der Waals surface area contributed by atoms with Crippen LogP contribution in [0.3, 0.4) is 0 Å². The first kappa shape index (κ1) is 16.4. The van der Waals surface area contributed by atoms with Gasteiger partial charge in [0.2, 0.25) is 0 Å². The smallest absolute Gasteiger partial charge is 0.336 e. The Morgan fingerprint density at radius 2 is 2.21 bits per heavy atom. The van der Waals surface area contributed by atoms with Gasteiger partial charge in [-0.2, -0.15) is 0 Å². The molecule has 6 nitrogen and oxygen atoms in total. The molecule has 2 heterocycles. The van der Waals surface area contributed by atoms with Crippen LogP contribution in [-0.2, 0) is 11.3 Å². The van der Waals surface area contributed by atoms with Crippen molar-refractivity contribution < 1.29 is 14.6 Å². The fourth-order valence-electron chi connectivity index (χ4n) is 3.02. The van der Waals surface area contributed by atoms with Gasteiger partial charge in [0.25, 0.3) is 0 Å². The number of ether oxygens (including phenoxy) is 1. The van der Waals surface area contributed by atoms with Gasteiger partial charge in [0.15, 0.2) is 0 Å². The molecule has 1 aromatic heterocycles. The Morgan fingerprint density at radius 3 is 2.96 bits per heavy atom. The summed E-state index contributed by atoms with van der Waals surface area (Å²) >= 11 is 0. The second-order valence-electron chi connectivity index (χ2n) is 6.02. The van der Waals surface area contributed by atoms with Crippen LogP contribution < -0.4 is 5.73 Å². The highest BCUT2D eigenvalue weighted by molar-refractivity contribution is 5.89. The number of hydrogen-bond acceptors (Lipinski definition) is 5. The van der Waals surface area contributed by atoms with E-state index >= 15 is 0 Å². The molecule has 6 heteroatoms. The molecule has 2 aromatic rings. The van der Waals surface area contributed by atoms with Crippen LogP contribution in [0.4, 0.5) is 5.69 Å². The molecule has 0 spiro atoms. The van der Waals surface area contributed by atoms with Gasteiger partial charge in [-0.05, 0) is 30.7 Å². The Kier molecular flexibility index (Phi) is 4.78. The summed E-state index contributed by atoms with van der Waals surface area (Å²) in [7, 11) is 0. The van der Waals surface area contributed by atoms with Crippen LogP contribution >= 0.6 is 0 Å². The summed E-state index contributed by atoms with van der Waals surface area (Å²) in [5.41, 5.74) is 9.42. The molecular formula is C18H21N3O3. The Labute approximate surface area is 140 Å². The summed E-state index contributed by atoms with van der Waals surface area (Å²) in [6.07, 6.45) is -0.155. The molecule has 0 bridgehead atoms. The van der Waals surface area contributed by atoms with Crippen molar-refractivity contribution in [2.75, 3.05) is 25.4 Å². The number of carbonyl (C=O) groups is 1. The van der Waals surface area contributed by atoms with Gasteiger partial charge in [0.1, 0.15) is 6.10 Å². The standard InChI is InChI=1S/C18H21N3O3/c1-12-8-14(19)9-16(20-12)17-11-21(6-7-24-17)10-13-4-2-3-5-15(13)18(22)23/h2-5,8-9,17H,6-7,10-11H2,1H3,(H2,19,20)(H,22,23). The Hall–Kier alpha value is -2.44. The number of anilines is 1. The fraction of sp³-hybridized carbons (Fsp3) is 0.333. The van der Waals surface area contributed by atoms with E-state index in [-0.39, 0.29) is 6.10 Å². The zero-order valence-electron chi connectivity index (χ0n) is 13.6. The molecule has 3 N–H and O–H groups in total. The van der Waals surface area contributed by atoms with Gasteiger partial charge in [-0.1, -0.05) is 18.2 Å². The first-order valence-electron chi connectivity index (χ1n) is 7.92. The quantitative estimate of drug-likeness (QED) is 0.895. The van der Waals surface area contributed by atoms with Gasteiger partial charge in [-0.3, -0.25) is 9.88 Å². The largest absolute Gasteiger partial charge is 0.478 e. The van der Waals surface area contributed by atoms with Crippen molar-refractivity contribution >= 4 is 11.7 Å². The number of nitrogens with zero attached hydrogens (tertiary/aromatic N) is 2. The molecule has 0 amide bonds. The second kappa shape index (κ2) is 6.98. The number of aromatic carboxylic acids is 1. The number of carboxylic acid groups (broad SMARTS) is 1. The predicted octanol–water partition coefficient (Wildman–Crippen LogP) is 2.24. The van der Waals surface area contributed by atoms with E-state index in [0.717, 1.165) is 23.5 Å². The van der Waals surface area contributed by atoms with E-state index in [1.54, 1.807) is 12.1 Å². The Balaban J connectivity index is 1.75. The minimum absolute atomic E-state index is 0.155. The average molecular weight is 327 g/mol. The Morgan fingerprint density at radius 1 is 1.42 bits per heavy atom. The lowest BCUT2D eigenvalue weighted by Crippen LogP contribution is -2.38. The van der Waals surface area contributed by atoms with Crippen LogP contribution in [0, 0.1) is 6.92 Å². The monoisotopic (exact) mass is 327 g/mol. The summed E-state index contributed by atoms with van der Waals surface area (Å²) in [5.74, 6) is -0.900.